The maximum Gasteiger partial charge on any atom is 0.0645 e. The van der Waals surface area contributed by atoms with E-state index in [1.165, 1.54) is 46.7 Å². The van der Waals surface area contributed by atoms with Crippen LogP contribution in [0.3, 0.4) is 0 Å². The van der Waals surface area contributed by atoms with Crippen molar-refractivity contribution in [3.05, 3.63) is 83.4 Å². The second kappa shape index (κ2) is 10.2. The SMILES string of the molecule is CCC(O)(CC)CCc1ccc([C@H]2CCC(NC(C)c3cccc4ccccc34)C2)cc1. The average molecular weight is 430 g/mol. The van der Waals surface area contributed by atoms with Crippen molar-refractivity contribution in [2.75, 3.05) is 0 Å². The van der Waals surface area contributed by atoms with E-state index < -0.39 is 5.60 Å². The molecule has 0 spiro atoms. The predicted molar refractivity (Wildman–Crippen MR) is 136 cm³/mol. The van der Waals surface area contributed by atoms with Crippen LogP contribution in [0.4, 0.5) is 0 Å². The van der Waals surface area contributed by atoms with Crippen LogP contribution < -0.4 is 5.32 Å². The molecule has 2 nitrogen and oxygen atoms in total. The first-order chi connectivity index (χ1) is 15.5. The average Bonchev–Trinajstić information content (AvgIpc) is 3.31. The molecular formula is C30H39NO. The zero-order chi connectivity index (χ0) is 22.6. The number of fused-ring (bicyclic) bond motifs is 1. The van der Waals surface area contributed by atoms with Gasteiger partial charge < -0.3 is 10.4 Å². The first-order valence-corrected chi connectivity index (χ1v) is 12.6. The van der Waals surface area contributed by atoms with Gasteiger partial charge in [0.05, 0.1) is 5.60 Å². The Morgan fingerprint density at radius 1 is 0.938 bits per heavy atom. The Morgan fingerprint density at radius 3 is 2.41 bits per heavy atom. The molecule has 2 N–H and O–H groups in total. The quantitative estimate of drug-likeness (QED) is 0.374. The van der Waals surface area contributed by atoms with Gasteiger partial charge in [-0.15, -0.1) is 0 Å². The molecule has 0 amide bonds. The Labute approximate surface area is 194 Å². The van der Waals surface area contributed by atoms with Crippen molar-refractivity contribution in [2.45, 2.75) is 89.3 Å². The predicted octanol–water partition coefficient (Wildman–Crippen LogP) is 7.31. The molecule has 0 radical (unpaired) electrons. The Hall–Kier alpha value is -2.16. The van der Waals surface area contributed by atoms with E-state index in [0.717, 1.165) is 25.7 Å². The molecule has 3 atom stereocenters. The van der Waals surface area contributed by atoms with Gasteiger partial charge in [0, 0.05) is 12.1 Å². The molecule has 1 fully saturated rings. The van der Waals surface area contributed by atoms with Crippen LogP contribution in [0.5, 0.6) is 0 Å². The maximum atomic E-state index is 10.6. The van der Waals surface area contributed by atoms with Crippen LogP contribution in [0.15, 0.2) is 66.7 Å². The molecule has 170 valence electrons. The summed E-state index contributed by atoms with van der Waals surface area (Å²) in [5.74, 6) is 0.643. The van der Waals surface area contributed by atoms with E-state index in [1.54, 1.807) is 0 Å². The van der Waals surface area contributed by atoms with Crippen LogP contribution >= 0.6 is 0 Å². The van der Waals surface area contributed by atoms with E-state index in [1.807, 2.05) is 0 Å². The van der Waals surface area contributed by atoms with Crippen LogP contribution in [0.25, 0.3) is 10.8 Å². The van der Waals surface area contributed by atoms with Crippen molar-refractivity contribution < 1.29 is 5.11 Å². The number of rotatable bonds is 9. The number of hydrogen-bond acceptors (Lipinski definition) is 2. The van der Waals surface area contributed by atoms with Gasteiger partial charge in [0.15, 0.2) is 0 Å². The lowest BCUT2D eigenvalue weighted by molar-refractivity contribution is 0.0239. The van der Waals surface area contributed by atoms with Gasteiger partial charge in [-0.3, -0.25) is 0 Å². The number of aliphatic hydroxyl groups is 1. The molecule has 0 aromatic heterocycles. The van der Waals surface area contributed by atoms with Gasteiger partial charge in [-0.2, -0.15) is 0 Å². The summed E-state index contributed by atoms with van der Waals surface area (Å²) in [5, 5.41) is 17.2. The van der Waals surface area contributed by atoms with Crippen molar-refractivity contribution in [3.8, 4) is 0 Å². The van der Waals surface area contributed by atoms with Gasteiger partial charge >= 0.3 is 0 Å². The fourth-order valence-electron chi connectivity index (χ4n) is 5.44. The van der Waals surface area contributed by atoms with Crippen LogP contribution in [-0.4, -0.2) is 16.7 Å². The van der Waals surface area contributed by atoms with Crippen molar-refractivity contribution >= 4 is 10.8 Å². The lowest BCUT2D eigenvalue weighted by Crippen LogP contribution is -2.29. The van der Waals surface area contributed by atoms with E-state index in [4.69, 9.17) is 0 Å². The van der Waals surface area contributed by atoms with E-state index in [-0.39, 0.29) is 0 Å². The minimum Gasteiger partial charge on any atom is -0.390 e. The molecular weight excluding hydrogens is 390 g/mol. The number of aryl methyl sites for hydroxylation is 1. The Morgan fingerprint density at radius 2 is 1.66 bits per heavy atom. The lowest BCUT2D eigenvalue weighted by atomic mass is 9.89. The Balaban J connectivity index is 1.34. The summed E-state index contributed by atoms with van der Waals surface area (Å²) >= 11 is 0. The summed E-state index contributed by atoms with van der Waals surface area (Å²) in [6, 6.07) is 25.5. The first kappa shape index (κ1) is 23.0. The van der Waals surface area contributed by atoms with Crippen LogP contribution in [0.1, 0.15) is 87.9 Å². The third kappa shape index (κ3) is 5.24. The van der Waals surface area contributed by atoms with E-state index in [0.29, 0.717) is 18.0 Å². The monoisotopic (exact) mass is 429 g/mol. The van der Waals surface area contributed by atoms with Gasteiger partial charge in [0.2, 0.25) is 0 Å². The fourth-order valence-corrected chi connectivity index (χ4v) is 5.44. The maximum absolute atomic E-state index is 10.6. The summed E-state index contributed by atoms with van der Waals surface area (Å²) in [6.45, 7) is 6.47. The second-order valence-electron chi connectivity index (χ2n) is 9.84. The van der Waals surface area contributed by atoms with Crippen LogP contribution in [-0.2, 0) is 6.42 Å². The van der Waals surface area contributed by atoms with Gasteiger partial charge in [-0.05, 0) is 85.3 Å². The van der Waals surface area contributed by atoms with Gasteiger partial charge in [-0.1, -0.05) is 80.6 Å². The molecule has 2 heteroatoms. The number of hydrogen-bond donors (Lipinski definition) is 2. The van der Waals surface area contributed by atoms with Crippen LogP contribution in [0.2, 0.25) is 0 Å². The molecule has 4 rings (SSSR count). The highest BCUT2D eigenvalue weighted by Gasteiger charge is 2.27. The number of benzene rings is 3. The molecule has 2 unspecified atom stereocenters. The second-order valence-corrected chi connectivity index (χ2v) is 9.84. The highest BCUT2D eigenvalue weighted by atomic mass is 16.3. The molecule has 0 aliphatic heterocycles. The highest BCUT2D eigenvalue weighted by Crippen LogP contribution is 2.36. The standard InChI is InChI=1S/C30H39NO/c1-4-30(32,5-2)20-19-23-13-15-24(16-14-23)26-17-18-27(21-26)31-22(3)28-12-8-10-25-9-6-7-11-29(25)28/h6-16,22,26-27,31-32H,4-5,17-21H2,1-3H3/t22?,26-,27?/m0/s1. The largest absolute Gasteiger partial charge is 0.390 e. The fraction of sp³-hybridized carbons (Fsp3) is 0.467. The summed E-state index contributed by atoms with van der Waals surface area (Å²) in [5.41, 5.74) is 3.70. The molecule has 1 saturated carbocycles. The highest BCUT2D eigenvalue weighted by molar-refractivity contribution is 5.86. The summed E-state index contributed by atoms with van der Waals surface area (Å²) in [7, 11) is 0. The Kier molecular flexibility index (Phi) is 7.33. The molecule has 3 aromatic carbocycles. The minimum atomic E-state index is -0.510. The third-order valence-electron chi connectivity index (χ3n) is 7.85. The van der Waals surface area contributed by atoms with Gasteiger partial charge in [0.1, 0.15) is 0 Å². The molecule has 1 aliphatic carbocycles. The molecule has 3 aromatic rings. The van der Waals surface area contributed by atoms with Crippen molar-refractivity contribution in [1.29, 1.82) is 0 Å². The Bertz CT molecular complexity index is 1000. The summed E-state index contributed by atoms with van der Waals surface area (Å²) in [6.07, 6.45) is 7.16. The lowest BCUT2D eigenvalue weighted by Gasteiger charge is -2.25. The number of nitrogens with one attached hydrogen (secondary N) is 1. The van der Waals surface area contributed by atoms with Crippen molar-refractivity contribution in [3.63, 3.8) is 0 Å². The zero-order valence-corrected chi connectivity index (χ0v) is 20.0. The minimum absolute atomic E-state index is 0.350. The summed E-state index contributed by atoms with van der Waals surface area (Å²) < 4.78 is 0. The molecule has 0 heterocycles. The van der Waals surface area contributed by atoms with Crippen LogP contribution in [0, 0.1) is 0 Å². The molecule has 32 heavy (non-hydrogen) atoms. The molecule has 1 aliphatic rings. The topological polar surface area (TPSA) is 32.3 Å². The third-order valence-corrected chi connectivity index (χ3v) is 7.85. The summed E-state index contributed by atoms with van der Waals surface area (Å²) in [4.78, 5) is 0. The smallest absolute Gasteiger partial charge is 0.0645 e. The zero-order valence-electron chi connectivity index (χ0n) is 20.0. The van der Waals surface area contributed by atoms with E-state index in [2.05, 4.69) is 92.8 Å². The van der Waals surface area contributed by atoms with Crippen molar-refractivity contribution in [1.82, 2.24) is 5.32 Å². The van der Waals surface area contributed by atoms with E-state index in [9.17, 15) is 5.11 Å². The van der Waals surface area contributed by atoms with Gasteiger partial charge in [0.25, 0.3) is 0 Å². The normalized spacial score (nSPS) is 20.0. The van der Waals surface area contributed by atoms with E-state index >= 15 is 0 Å². The molecule has 0 saturated heterocycles. The van der Waals surface area contributed by atoms with Crippen molar-refractivity contribution in [2.24, 2.45) is 0 Å². The first-order valence-electron chi connectivity index (χ1n) is 12.6. The van der Waals surface area contributed by atoms with Gasteiger partial charge in [-0.25, -0.2) is 0 Å². The molecule has 0 bridgehead atoms.